The normalized spacial score (nSPS) is 44.7. The zero-order chi connectivity index (χ0) is 7.90. The molecule has 0 saturated carbocycles. The molecule has 2 heterocycles. The van der Waals surface area contributed by atoms with Crippen LogP contribution in [0.4, 0.5) is 4.39 Å². The van der Waals surface area contributed by atoms with E-state index >= 15 is 0 Å². The molecule has 0 amide bonds. The van der Waals surface area contributed by atoms with Crippen molar-refractivity contribution in [2.24, 2.45) is 0 Å². The number of halogens is 1. The molecule has 0 radical (unpaired) electrons. The highest BCUT2D eigenvalue weighted by atomic mass is 19.1. The van der Waals surface area contributed by atoms with Gasteiger partial charge in [0, 0.05) is 18.5 Å². The van der Waals surface area contributed by atoms with E-state index in [1.165, 1.54) is 0 Å². The number of hydrogen-bond donors (Lipinski definition) is 1. The molecule has 0 aromatic rings. The minimum Gasteiger partial charge on any atom is -0.394 e. The molecule has 11 heavy (non-hydrogen) atoms. The van der Waals surface area contributed by atoms with Gasteiger partial charge in [-0.2, -0.15) is 0 Å². The maximum absolute atomic E-state index is 12.9. The minimum absolute atomic E-state index is 0.132. The topological polar surface area (TPSA) is 23.5 Å². The van der Waals surface area contributed by atoms with Gasteiger partial charge in [-0.3, -0.25) is 4.90 Å². The summed E-state index contributed by atoms with van der Waals surface area (Å²) in [5, 5.41) is 9.14. The second-order valence-corrected chi connectivity index (χ2v) is 3.73. The molecule has 0 unspecified atom stereocenters. The van der Waals surface area contributed by atoms with E-state index in [9.17, 15) is 4.39 Å². The van der Waals surface area contributed by atoms with Crippen LogP contribution in [0.1, 0.15) is 19.3 Å². The second-order valence-electron chi connectivity index (χ2n) is 3.73. The van der Waals surface area contributed by atoms with Gasteiger partial charge in [0.05, 0.1) is 6.61 Å². The van der Waals surface area contributed by atoms with Crippen LogP contribution in [0.25, 0.3) is 0 Å². The minimum atomic E-state index is -0.706. The van der Waals surface area contributed by atoms with E-state index < -0.39 is 6.17 Å². The van der Waals surface area contributed by atoms with Crippen molar-refractivity contribution in [2.75, 3.05) is 19.7 Å². The van der Waals surface area contributed by atoms with Crippen LogP contribution in [0.15, 0.2) is 0 Å². The first-order chi connectivity index (χ1) is 5.27. The number of hydrogen-bond acceptors (Lipinski definition) is 2. The predicted octanol–water partition coefficient (Wildman–Crippen LogP) is 0.555. The lowest BCUT2D eigenvalue weighted by Crippen LogP contribution is -2.41. The van der Waals surface area contributed by atoms with Crippen molar-refractivity contribution in [3.63, 3.8) is 0 Å². The first kappa shape index (κ1) is 7.50. The molecule has 2 aliphatic heterocycles. The van der Waals surface area contributed by atoms with Crippen molar-refractivity contribution in [3.8, 4) is 0 Å². The van der Waals surface area contributed by atoms with E-state index in [1.54, 1.807) is 0 Å². The van der Waals surface area contributed by atoms with E-state index in [2.05, 4.69) is 4.90 Å². The summed E-state index contributed by atoms with van der Waals surface area (Å²) in [5.74, 6) is 0. The molecule has 2 nitrogen and oxygen atoms in total. The lowest BCUT2D eigenvalue weighted by Gasteiger charge is -2.28. The van der Waals surface area contributed by atoms with Crippen molar-refractivity contribution in [2.45, 2.75) is 31.0 Å². The number of rotatable bonds is 1. The number of nitrogens with zero attached hydrogens (tertiary/aromatic N) is 1. The monoisotopic (exact) mass is 159 g/mol. The van der Waals surface area contributed by atoms with Gasteiger partial charge in [0.15, 0.2) is 0 Å². The summed E-state index contributed by atoms with van der Waals surface area (Å²) < 4.78 is 12.9. The number of fused-ring (bicyclic) bond motifs is 1. The summed E-state index contributed by atoms with van der Waals surface area (Å²) in [4.78, 5) is 2.11. The van der Waals surface area contributed by atoms with Crippen LogP contribution in [0.2, 0.25) is 0 Å². The Morgan fingerprint density at radius 3 is 3.09 bits per heavy atom. The van der Waals surface area contributed by atoms with E-state index in [1.807, 2.05) is 0 Å². The van der Waals surface area contributed by atoms with E-state index in [4.69, 9.17) is 5.11 Å². The highest BCUT2D eigenvalue weighted by molar-refractivity contribution is 5.03. The van der Waals surface area contributed by atoms with E-state index in [0.717, 1.165) is 19.4 Å². The first-order valence-corrected chi connectivity index (χ1v) is 4.27. The summed E-state index contributed by atoms with van der Waals surface area (Å²) in [5.41, 5.74) is -0.167. The summed E-state index contributed by atoms with van der Waals surface area (Å²) in [6, 6.07) is 0. The standard InChI is InChI=1S/C8H14FNO/c9-7-4-8(6-11)2-1-3-10(8)5-7/h7,11H,1-6H2/t7-,8+/m1/s1. The van der Waals surface area contributed by atoms with Crippen LogP contribution in [0, 0.1) is 0 Å². The van der Waals surface area contributed by atoms with E-state index in [0.29, 0.717) is 13.0 Å². The van der Waals surface area contributed by atoms with Crippen LogP contribution in [-0.2, 0) is 0 Å². The Balaban J connectivity index is 2.15. The maximum atomic E-state index is 12.9. The van der Waals surface area contributed by atoms with Gasteiger partial charge in [0.2, 0.25) is 0 Å². The third kappa shape index (κ3) is 0.983. The Labute approximate surface area is 66.0 Å². The average molecular weight is 159 g/mol. The smallest absolute Gasteiger partial charge is 0.115 e. The molecule has 2 atom stereocenters. The van der Waals surface area contributed by atoms with Crippen molar-refractivity contribution in [3.05, 3.63) is 0 Å². The zero-order valence-corrected chi connectivity index (χ0v) is 6.59. The molecule has 2 aliphatic rings. The summed E-state index contributed by atoms with van der Waals surface area (Å²) in [7, 11) is 0. The van der Waals surface area contributed by atoms with Crippen molar-refractivity contribution in [1.29, 1.82) is 0 Å². The van der Waals surface area contributed by atoms with E-state index in [-0.39, 0.29) is 12.1 Å². The lowest BCUT2D eigenvalue weighted by atomic mass is 9.95. The third-order valence-corrected chi connectivity index (χ3v) is 3.06. The fraction of sp³-hybridized carbons (Fsp3) is 1.00. The van der Waals surface area contributed by atoms with Gasteiger partial charge < -0.3 is 5.11 Å². The highest BCUT2D eigenvalue weighted by Gasteiger charge is 2.47. The SMILES string of the molecule is OC[C@@]12CCCN1C[C@H](F)C2. The molecule has 64 valence electrons. The van der Waals surface area contributed by atoms with Crippen LogP contribution in [0.5, 0.6) is 0 Å². The largest absolute Gasteiger partial charge is 0.394 e. The first-order valence-electron chi connectivity index (χ1n) is 4.27. The zero-order valence-electron chi connectivity index (χ0n) is 6.59. The molecule has 2 saturated heterocycles. The Bertz CT molecular complexity index is 164. The molecule has 2 fully saturated rings. The fourth-order valence-electron chi connectivity index (χ4n) is 2.47. The van der Waals surface area contributed by atoms with Crippen LogP contribution in [0.3, 0.4) is 0 Å². The number of alkyl halides is 1. The Hall–Kier alpha value is -0.150. The molecule has 0 spiro atoms. The molecular weight excluding hydrogens is 145 g/mol. The molecule has 0 aliphatic carbocycles. The third-order valence-electron chi connectivity index (χ3n) is 3.06. The molecule has 2 rings (SSSR count). The number of aliphatic hydroxyl groups is 1. The molecule has 0 bridgehead atoms. The maximum Gasteiger partial charge on any atom is 0.115 e. The Morgan fingerprint density at radius 1 is 1.64 bits per heavy atom. The van der Waals surface area contributed by atoms with Crippen LogP contribution >= 0.6 is 0 Å². The summed E-state index contributed by atoms with van der Waals surface area (Å²) >= 11 is 0. The van der Waals surface area contributed by atoms with Gasteiger partial charge in [-0.15, -0.1) is 0 Å². The summed E-state index contributed by atoms with van der Waals surface area (Å²) in [6.07, 6.45) is 1.93. The Kier molecular flexibility index (Phi) is 1.65. The molecule has 3 heteroatoms. The molecule has 0 aromatic carbocycles. The van der Waals surface area contributed by atoms with Gasteiger partial charge in [-0.25, -0.2) is 4.39 Å². The average Bonchev–Trinajstić information content (AvgIpc) is 2.43. The fourth-order valence-corrected chi connectivity index (χ4v) is 2.47. The Morgan fingerprint density at radius 2 is 2.45 bits per heavy atom. The van der Waals surface area contributed by atoms with Crippen molar-refractivity contribution in [1.82, 2.24) is 4.90 Å². The number of aliphatic hydroxyl groups excluding tert-OH is 1. The van der Waals surface area contributed by atoms with Crippen molar-refractivity contribution >= 4 is 0 Å². The quantitative estimate of drug-likeness (QED) is 0.604. The molecule has 1 N–H and O–H groups in total. The van der Waals surface area contributed by atoms with Crippen LogP contribution in [-0.4, -0.2) is 41.4 Å². The van der Waals surface area contributed by atoms with Gasteiger partial charge >= 0.3 is 0 Å². The van der Waals surface area contributed by atoms with Gasteiger partial charge in [-0.1, -0.05) is 0 Å². The van der Waals surface area contributed by atoms with Gasteiger partial charge in [0.25, 0.3) is 0 Å². The van der Waals surface area contributed by atoms with Gasteiger partial charge in [-0.05, 0) is 19.4 Å². The van der Waals surface area contributed by atoms with Crippen LogP contribution < -0.4 is 0 Å². The molecular formula is C8H14FNO. The lowest BCUT2D eigenvalue weighted by molar-refractivity contribution is 0.0996. The predicted molar refractivity (Wildman–Crippen MR) is 40.1 cm³/mol. The van der Waals surface area contributed by atoms with Crippen molar-refractivity contribution < 1.29 is 9.50 Å². The summed E-state index contributed by atoms with van der Waals surface area (Å²) in [6.45, 7) is 1.65. The second kappa shape index (κ2) is 2.42. The van der Waals surface area contributed by atoms with Gasteiger partial charge in [0.1, 0.15) is 6.17 Å². The molecule has 0 aromatic heterocycles. The highest BCUT2D eigenvalue weighted by Crippen LogP contribution is 2.39.